The Kier molecular flexibility index (Phi) is 2.86. The summed E-state index contributed by atoms with van der Waals surface area (Å²) in [5.41, 5.74) is 1.68. The molecular formula is C10H14O3. The van der Waals surface area contributed by atoms with Gasteiger partial charge < -0.3 is 4.74 Å². The van der Waals surface area contributed by atoms with Crippen LogP contribution in [0.2, 0.25) is 0 Å². The van der Waals surface area contributed by atoms with Gasteiger partial charge in [0.1, 0.15) is 0 Å². The minimum absolute atomic E-state index is 0.0413. The van der Waals surface area contributed by atoms with Crippen molar-refractivity contribution in [3.8, 4) is 0 Å². The van der Waals surface area contributed by atoms with Gasteiger partial charge in [-0.3, -0.25) is 9.59 Å². The van der Waals surface area contributed by atoms with Crippen molar-refractivity contribution in [2.45, 2.75) is 26.7 Å². The van der Waals surface area contributed by atoms with Gasteiger partial charge in [0, 0.05) is 11.5 Å². The molecule has 3 heteroatoms. The standard InChI is InChI=1S/C10H14O3/c1-6-4-7(2)10(12)8(6)5-9(11)13-3/h7H,4-5H2,1-3H3. The molecule has 0 fully saturated rings. The number of carbonyl (C=O) groups is 2. The first-order chi connectivity index (χ1) is 6.06. The molecular weight excluding hydrogens is 168 g/mol. The zero-order valence-electron chi connectivity index (χ0n) is 8.22. The van der Waals surface area contributed by atoms with Crippen molar-refractivity contribution in [3.63, 3.8) is 0 Å². The molecule has 1 unspecified atom stereocenters. The molecule has 3 nitrogen and oxygen atoms in total. The van der Waals surface area contributed by atoms with E-state index < -0.39 is 0 Å². The number of Topliss-reactive ketones (excluding diaryl/α,β-unsaturated/α-hetero) is 1. The van der Waals surface area contributed by atoms with Crippen molar-refractivity contribution in [1.82, 2.24) is 0 Å². The minimum Gasteiger partial charge on any atom is -0.469 e. The van der Waals surface area contributed by atoms with Crippen molar-refractivity contribution in [2.24, 2.45) is 5.92 Å². The third kappa shape index (κ3) is 1.97. The Labute approximate surface area is 77.8 Å². The minimum atomic E-state index is -0.336. The Bertz CT molecular complexity index is 276. The summed E-state index contributed by atoms with van der Waals surface area (Å²) in [6.45, 7) is 3.79. The SMILES string of the molecule is COC(=O)CC1=C(C)CC(C)C1=O. The van der Waals surface area contributed by atoms with Crippen molar-refractivity contribution in [3.05, 3.63) is 11.1 Å². The van der Waals surface area contributed by atoms with Gasteiger partial charge in [0.2, 0.25) is 0 Å². The zero-order chi connectivity index (χ0) is 10.0. The van der Waals surface area contributed by atoms with Gasteiger partial charge in [-0.15, -0.1) is 0 Å². The lowest BCUT2D eigenvalue weighted by Gasteiger charge is -2.01. The molecule has 0 N–H and O–H groups in total. The Balaban J connectivity index is 2.74. The number of allylic oxidation sites excluding steroid dienone is 1. The van der Waals surface area contributed by atoms with E-state index in [0.717, 1.165) is 12.0 Å². The smallest absolute Gasteiger partial charge is 0.310 e. The highest BCUT2D eigenvalue weighted by Crippen LogP contribution is 2.29. The fourth-order valence-corrected chi connectivity index (χ4v) is 1.64. The Morgan fingerprint density at radius 1 is 1.62 bits per heavy atom. The summed E-state index contributed by atoms with van der Waals surface area (Å²) < 4.78 is 4.52. The molecule has 1 aliphatic rings. The molecule has 1 atom stereocenters. The van der Waals surface area contributed by atoms with E-state index in [1.807, 2.05) is 13.8 Å². The van der Waals surface area contributed by atoms with Crippen LogP contribution >= 0.6 is 0 Å². The van der Waals surface area contributed by atoms with Crippen molar-refractivity contribution in [1.29, 1.82) is 0 Å². The van der Waals surface area contributed by atoms with E-state index in [9.17, 15) is 9.59 Å². The van der Waals surface area contributed by atoms with Crippen LogP contribution in [0.5, 0.6) is 0 Å². The van der Waals surface area contributed by atoms with Crippen molar-refractivity contribution < 1.29 is 14.3 Å². The van der Waals surface area contributed by atoms with Crippen LogP contribution < -0.4 is 0 Å². The van der Waals surface area contributed by atoms with E-state index in [-0.39, 0.29) is 24.1 Å². The van der Waals surface area contributed by atoms with Crippen molar-refractivity contribution >= 4 is 11.8 Å². The summed E-state index contributed by atoms with van der Waals surface area (Å²) in [6, 6.07) is 0. The van der Waals surface area contributed by atoms with E-state index >= 15 is 0 Å². The van der Waals surface area contributed by atoms with E-state index in [4.69, 9.17) is 0 Å². The van der Waals surface area contributed by atoms with Crippen LogP contribution in [0.15, 0.2) is 11.1 Å². The van der Waals surface area contributed by atoms with Crippen molar-refractivity contribution in [2.75, 3.05) is 7.11 Å². The third-order valence-corrected chi connectivity index (χ3v) is 2.42. The number of hydrogen-bond acceptors (Lipinski definition) is 3. The van der Waals surface area contributed by atoms with Crippen LogP contribution in [-0.2, 0) is 14.3 Å². The second kappa shape index (κ2) is 3.73. The van der Waals surface area contributed by atoms with Crippen LogP contribution in [0.25, 0.3) is 0 Å². The van der Waals surface area contributed by atoms with Crippen LogP contribution in [-0.4, -0.2) is 18.9 Å². The van der Waals surface area contributed by atoms with E-state index in [0.29, 0.717) is 5.57 Å². The average molecular weight is 182 g/mol. The fourth-order valence-electron chi connectivity index (χ4n) is 1.64. The molecule has 0 radical (unpaired) electrons. The zero-order valence-corrected chi connectivity index (χ0v) is 8.22. The Hall–Kier alpha value is -1.12. The molecule has 13 heavy (non-hydrogen) atoms. The molecule has 0 aromatic heterocycles. The highest BCUT2D eigenvalue weighted by Gasteiger charge is 2.28. The van der Waals surface area contributed by atoms with Crippen LogP contribution in [0.1, 0.15) is 26.7 Å². The normalized spacial score (nSPS) is 22.4. The van der Waals surface area contributed by atoms with Gasteiger partial charge >= 0.3 is 5.97 Å². The molecule has 0 aromatic carbocycles. The summed E-state index contributed by atoms with van der Waals surface area (Å²) in [4.78, 5) is 22.5. The number of hydrogen-bond donors (Lipinski definition) is 0. The predicted octanol–water partition coefficient (Wildman–Crippen LogP) is 1.47. The monoisotopic (exact) mass is 182 g/mol. The number of rotatable bonds is 2. The lowest BCUT2D eigenvalue weighted by molar-refractivity contribution is -0.140. The first-order valence-electron chi connectivity index (χ1n) is 4.36. The summed E-state index contributed by atoms with van der Waals surface area (Å²) in [6.07, 6.45) is 0.913. The topological polar surface area (TPSA) is 43.4 Å². The average Bonchev–Trinajstić information content (AvgIpc) is 2.32. The maximum absolute atomic E-state index is 11.5. The molecule has 0 aromatic rings. The molecule has 0 aliphatic heterocycles. The van der Waals surface area contributed by atoms with E-state index in [1.165, 1.54) is 7.11 Å². The predicted molar refractivity (Wildman–Crippen MR) is 48.1 cm³/mol. The number of esters is 1. The second-order valence-electron chi connectivity index (χ2n) is 3.48. The molecule has 0 spiro atoms. The molecule has 0 saturated carbocycles. The van der Waals surface area contributed by atoms with E-state index in [1.54, 1.807) is 0 Å². The molecule has 72 valence electrons. The highest BCUT2D eigenvalue weighted by atomic mass is 16.5. The lowest BCUT2D eigenvalue weighted by Crippen LogP contribution is -2.10. The largest absolute Gasteiger partial charge is 0.469 e. The first-order valence-corrected chi connectivity index (χ1v) is 4.36. The Morgan fingerprint density at radius 2 is 2.23 bits per heavy atom. The van der Waals surface area contributed by atoms with Gasteiger partial charge in [-0.05, 0) is 13.3 Å². The van der Waals surface area contributed by atoms with Gasteiger partial charge in [0.25, 0.3) is 0 Å². The van der Waals surface area contributed by atoms with Crippen LogP contribution in [0.3, 0.4) is 0 Å². The number of ketones is 1. The number of ether oxygens (including phenoxy) is 1. The van der Waals surface area contributed by atoms with Gasteiger partial charge in [-0.1, -0.05) is 12.5 Å². The maximum atomic E-state index is 11.5. The first kappa shape index (κ1) is 9.96. The molecule has 0 bridgehead atoms. The fraction of sp³-hybridized carbons (Fsp3) is 0.600. The molecule has 0 amide bonds. The molecule has 1 rings (SSSR count). The molecule has 1 aliphatic carbocycles. The summed E-state index contributed by atoms with van der Waals surface area (Å²) in [7, 11) is 1.33. The lowest BCUT2D eigenvalue weighted by atomic mass is 10.1. The van der Waals surface area contributed by atoms with Gasteiger partial charge in [0.15, 0.2) is 5.78 Å². The molecule has 0 heterocycles. The second-order valence-corrected chi connectivity index (χ2v) is 3.48. The highest BCUT2D eigenvalue weighted by molar-refractivity contribution is 6.03. The van der Waals surface area contributed by atoms with Crippen LogP contribution in [0.4, 0.5) is 0 Å². The maximum Gasteiger partial charge on any atom is 0.310 e. The third-order valence-electron chi connectivity index (χ3n) is 2.42. The number of carbonyl (C=O) groups excluding carboxylic acids is 2. The van der Waals surface area contributed by atoms with Gasteiger partial charge in [0.05, 0.1) is 13.5 Å². The summed E-state index contributed by atoms with van der Waals surface area (Å²) in [5.74, 6) is -0.195. The Morgan fingerprint density at radius 3 is 2.62 bits per heavy atom. The summed E-state index contributed by atoms with van der Waals surface area (Å²) >= 11 is 0. The summed E-state index contributed by atoms with van der Waals surface area (Å²) in [5, 5.41) is 0. The molecule has 0 saturated heterocycles. The van der Waals surface area contributed by atoms with Gasteiger partial charge in [-0.25, -0.2) is 0 Å². The quantitative estimate of drug-likeness (QED) is 0.607. The van der Waals surface area contributed by atoms with E-state index in [2.05, 4.69) is 4.74 Å². The number of methoxy groups -OCH3 is 1. The van der Waals surface area contributed by atoms with Crippen LogP contribution in [0, 0.1) is 5.92 Å². The van der Waals surface area contributed by atoms with Gasteiger partial charge in [-0.2, -0.15) is 0 Å².